The Morgan fingerprint density at radius 2 is 2.29 bits per heavy atom. The highest BCUT2D eigenvalue weighted by atomic mass is 32.2. The molecule has 0 aromatic heterocycles. The molecule has 2 unspecified atom stereocenters. The topological polar surface area (TPSA) is 57.6 Å². The number of sulfone groups is 1. The van der Waals surface area contributed by atoms with Gasteiger partial charge >= 0.3 is 0 Å². The van der Waals surface area contributed by atoms with Gasteiger partial charge in [0, 0.05) is 30.9 Å². The first-order valence-corrected chi connectivity index (χ1v) is 9.93. The fraction of sp³-hybridized carbons (Fsp3) is 0.571. The summed E-state index contributed by atoms with van der Waals surface area (Å²) < 4.78 is 36.7. The van der Waals surface area contributed by atoms with E-state index in [1.54, 1.807) is 23.9 Å². The average molecular weight is 333 g/mol. The predicted octanol–water partition coefficient (Wildman–Crippen LogP) is 1.67. The van der Waals surface area contributed by atoms with Gasteiger partial charge in [0.1, 0.15) is 11.2 Å². The van der Waals surface area contributed by atoms with Gasteiger partial charge in [0.25, 0.3) is 0 Å². The van der Waals surface area contributed by atoms with Crippen LogP contribution in [0.3, 0.4) is 0 Å². The Labute approximate surface area is 129 Å². The zero-order valence-electron chi connectivity index (χ0n) is 11.9. The van der Waals surface area contributed by atoms with E-state index in [0.717, 1.165) is 5.75 Å². The van der Waals surface area contributed by atoms with Crippen LogP contribution in [0.25, 0.3) is 0 Å². The van der Waals surface area contributed by atoms with E-state index in [-0.39, 0.29) is 5.82 Å². The van der Waals surface area contributed by atoms with Crippen LogP contribution in [0.2, 0.25) is 0 Å². The van der Waals surface area contributed by atoms with Gasteiger partial charge in [0.15, 0.2) is 9.84 Å². The van der Waals surface area contributed by atoms with Crippen molar-refractivity contribution in [1.82, 2.24) is 4.90 Å². The molecule has 0 aliphatic carbocycles. The van der Waals surface area contributed by atoms with Crippen LogP contribution >= 0.6 is 11.8 Å². The Morgan fingerprint density at radius 1 is 1.52 bits per heavy atom. The fourth-order valence-corrected chi connectivity index (χ4v) is 5.41. The van der Waals surface area contributed by atoms with E-state index in [1.807, 2.05) is 4.90 Å². The second-order valence-corrected chi connectivity index (χ2v) is 8.61. The van der Waals surface area contributed by atoms with Crippen molar-refractivity contribution in [3.05, 3.63) is 35.6 Å². The third-order valence-corrected chi connectivity index (χ3v) is 6.29. The molecule has 1 aliphatic rings. The number of thioether (sulfide) groups is 1. The van der Waals surface area contributed by atoms with Crippen LogP contribution in [0.5, 0.6) is 0 Å². The maximum absolute atomic E-state index is 13.1. The second kappa shape index (κ2) is 7.09. The fourth-order valence-electron chi connectivity index (χ4n) is 2.43. The molecule has 0 saturated carbocycles. The van der Waals surface area contributed by atoms with Crippen molar-refractivity contribution in [3.63, 3.8) is 0 Å². The predicted molar refractivity (Wildman–Crippen MR) is 83.5 cm³/mol. The van der Waals surface area contributed by atoms with E-state index < -0.39 is 21.3 Å². The van der Waals surface area contributed by atoms with Crippen molar-refractivity contribution in [3.8, 4) is 0 Å². The lowest BCUT2D eigenvalue weighted by Crippen LogP contribution is -2.47. The SMILES string of the molecule is CS(=O)(=O)C1CSCCN1CCC(O)c1cccc(F)c1. The molecule has 1 aliphatic heterocycles. The van der Waals surface area contributed by atoms with Gasteiger partial charge in [-0.15, -0.1) is 0 Å². The number of aliphatic hydroxyl groups excluding tert-OH is 1. The van der Waals surface area contributed by atoms with Gasteiger partial charge in [-0.25, -0.2) is 12.8 Å². The normalized spacial score (nSPS) is 22.1. The van der Waals surface area contributed by atoms with Crippen molar-refractivity contribution >= 4 is 21.6 Å². The first kappa shape index (κ1) is 16.7. The number of hydrogen-bond donors (Lipinski definition) is 1. The average Bonchev–Trinajstić information content (AvgIpc) is 2.44. The summed E-state index contributed by atoms with van der Waals surface area (Å²) in [5.74, 6) is 1.08. The molecule has 2 rings (SSSR count). The monoisotopic (exact) mass is 333 g/mol. The molecule has 1 aromatic rings. The molecule has 118 valence electrons. The minimum absolute atomic E-state index is 0.380. The summed E-state index contributed by atoms with van der Waals surface area (Å²) in [6, 6.07) is 5.88. The van der Waals surface area contributed by atoms with Crippen LogP contribution in [0, 0.1) is 5.82 Å². The van der Waals surface area contributed by atoms with Crippen LogP contribution in [0.1, 0.15) is 18.1 Å². The molecule has 1 fully saturated rings. The van der Waals surface area contributed by atoms with Crippen LogP contribution < -0.4 is 0 Å². The first-order valence-electron chi connectivity index (χ1n) is 6.82. The van der Waals surface area contributed by atoms with E-state index in [9.17, 15) is 17.9 Å². The van der Waals surface area contributed by atoms with Crippen LogP contribution in [0.4, 0.5) is 4.39 Å². The van der Waals surface area contributed by atoms with Crippen molar-refractivity contribution in [2.24, 2.45) is 0 Å². The highest BCUT2D eigenvalue weighted by Gasteiger charge is 2.30. The van der Waals surface area contributed by atoms with Crippen LogP contribution in [-0.2, 0) is 9.84 Å². The molecule has 0 spiro atoms. The summed E-state index contributed by atoms with van der Waals surface area (Å²) in [5.41, 5.74) is 0.525. The smallest absolute Gasteiger partial charge is 0.164 e. The maximum atomic E-state index is 13.1. The van der Waals surface area contributed by atoms with Gasteiger partial charge < -0.3 is 5.11 Å². The highest BCUT2D eigenvalue weighted by molar-refractivity contribution is 8.00. The first-order chi connectivity index (χ1) is 9.88. The zero-order valence-corrected chi connectivity index (χ0v) is 13.5. The highest BCUT2D eigenvalue weighted by Crippen LogP contribution is 2.23. The van der Waals surface area contributed by atoms with Crippen LogP contribution in [-0.4, -0.2) is 54.6 Å². The van der Waals surface area contributed by atoms with Gasteiger partial charge in [-0.1, -0.05) is 12.1 Å². The molecule has 0 radical (unpaired) electrons. The van der Waals surface area contributed by atoms with E-state index in [0.29, 0.717) is 30.8 Å². The molecule has 1 heterocycles. The minimum Gasteiger partial charge on any atom is -0.388 e. The van der Waals surface area contributed by atoms with E-state index >= 15 is 0 Å². The summed E-state index contributed by atoms with van der Waals surface area (Å²) in [6.07, 6.45) is 0.857. The summed E-state index contributed by atoms with van der Waals surface area (Å²) in [4.78, 5) is 1.90. The number of nitrogens with zero attached hydrogens (tertiary/aromatic N) is 1. The standard InChI is InChI=1S/C14H20FNO3S2/c1-21(18,19)14-10-20-8-7-16(14)6-5-13(17)11-3-2-4-12(15)9-11/h2-4,9,13-14,17H,5-8,10H2,1H3. The number of halogens is 1. The number of hydrogen-bond acceptors (Lipinski definition) is 5. The van der Waals surface area contributed by atoms with Crippen molar-refractivity contribution in [2.75, 3.05) is 30.9 Å². The number of aliphatic hydroxyl groups is 1. The Bertz CT molecular complexity index is 579. The lowest BCUT2D eigenvalue weighted by Gasteiger charge is -2.34. The molecule has 0 amide bonds. The molecule has 4 nitrogen and oxygen atoms in total. The Hall–Kier alpha value is -0.630. The van der Waals surface area contributed by atoms with E-state index in [4.69, 9.17) is 0 Å². The maximum Gasteiger partial charge on any atom is 0.164 e. The molecular weight excluding hydrogens is 313 g/mol. The summed E-state index contributed by atoms with van der Waals surface area (Å²) in [5, 5.41) is 9.63. The molecule has 0 bridgehead atoms. The Balaban J connectivity index is 1.97. The molecule has 21 heavy (non-hydrogen) atoms. The van der Waals surface area contributed by atoms with E-state index in [2.05, 4.69) is 0 Å². The molecule has 1 aromatic carbocycles. The van der Waals surface area contributed by atoms with Gasteiger partial charge in [-0.3, -0.25) is 4.90 Å². The summed E-state index contributed by atoms with van der Waals surface area (Å²) in [7, 11) is -3.13. The molecular formula is C14H20FNO3S2. The largest absolute Gasteiger partial charge is 0.388 e. The van der Waals surface area contributed by atoms with Gasteiger partial charge in [0.2, 0.25) is 0 Å². The van der Waals surface area contributed by atoms with Crippen LogP contribution in [0.15, 0.2) is 24.3 Å². The quantitative estimate of drug-likeness (QED) is 0.888. The van der Waals surface area contributed by atoms with Crippen molar-refractivity contribution in [1.29, 1.82) is 0 Å². The Kier molecular flexibility index (Phi) is 5.65. The summed E-state index contributed by atoms with van der Waals surface area (Å²) >= 11 is 1.63. The van der Waals surface area contributed by atoms with Gasteiger partial charge in [-0.2, -0.15) is 11.8 Å². The third-order valence-electron chi connectivity index (χ3n) is 3.61. The zero-order chi connectivity index (χ0) is 15.5. The molecule has 2 atom stereocenters. The third kappa shape index (κ3) is 4.67. The number of benzene rings is 1. The van der Waals surface area contributed by atoms with Crippen molar-refractivity contribution in [2.45, 2.75) is 17.9 Å². The minimum atomic E-state index is -3.13. The molecule has 1 saturated heterocycles. The lowest BCUT2D eigenvalue weighted by atomic mass is 10.1. The van der Waals surface area contributed by atoms with Gasteiger partial charge in [-0.05, 0) is 24.1 Å². The van der Waals surface area contributed by atoms with Crippen molar-refractivity contribution < 1.29 is 17.9 Å². The Morgan fingerprint density at radius 3 is 2.95 bits per heavy atom. The lowest BCUT2D eigenvalue weighted by molar-refractivity contribution is 0.140. The molecule has 1 N–H and O–H groups in total. The summed E-state index contributed by atoms with van der Waals surface area (Å²) in [6.45, 7) is 1.17. The number of rotatable bonds is 5. The molecule has 7 heteroatoms. The van der Waals surface area contributed by atoms with Gasteiger partial charge in [0.05, 0.1) is 6.10 Å². The second-order valence-electron chi connectivity index (χ2n) is 5.25. The van der Waals surface area contributed by atoms with E-state index in [1.165, 1.54) is 18.4 Å².